The second-order valence-corrected chi connectivity index (χ2v) is 8.54. The molecule has 1 aliphatic heterocycles. The van der Waals surface area contributed by atoms with Gasteiger partial charge in [-0.15, -0.1) is 11.8 Å². The van der Waals surface area contributed by atoms with E-state index in [1.54, 1.807) is 37.3 Å². The molecule has 0 spiro atoms. The normalized spacial score (nSPS) is 16.7. The van der Waals surface area contributed by atoms with Crippen molar-refractivity contribution < 1.29 is 17.9 Å². The van der Waals surface area contributed by atoms with Crippen molar-refractivity contribution in [1.29, 1.82) is 0 Å². The number of hydrogen-bond acceptors (Lipinski definition) is 5. The minimum atomic E-state index is -3.75. The number of amides is 1. The third-order valence-electron chi connectivity index (χ3n) is 3.61. The highest BCUT2D eigenvalue weighted by atomic mass is 32.2. The third-order valence-corrected chi connectivity index (χ3v) is 6.17. The number of carbonyl (C=O) groups excluding carboxylic acids is 1. The van der Waals surface area contributed by atoms with Gasteiger partial charge in [0.1, 0.15) is 5.75 Å². The van der Waals surface area contributed by atoms with E-state index in [9.17, 15) is 13.2 Å². The van der Waals surface area contributed by atoms with Gasteiger partial charge in [0.15, 0.2) is 0 Å². The molecule has 0 aliphatic carbocycles. The first-order valence-corrected chi connectivity index (χ1v) is 10.1. The van der Waals surface area contributed by atoms with Crippen molar-refractivity contribution in [2.75, 3.05) is 16.6 Å². The van der Waals surface area contributed by atoms with E-state index in [-0.39, 0.29) is 16.1 Å². The number of nitrogens with one attached hydrogen (secondary N) is 2. The molecule has 0 radical (unpaired) electrons. The van der Waals surface area contributed by atoms with Crippen molar-refractivity contribution in [1.82, 2.24) is 0 Å². The smallest absolute Gasteiger partial charge is 0.261 e. The molecule has 0 bridgehead atoms. The molecule has 25 heavy (non-hydrogen) atoms. The Bertz CT molecular complexity index is 895. The van der Waals surface area contributed by atoms with E-state index < -0.39 is 10.0 Å². The summed E-state index contributed by atoms with van der Waals surface area (Å²) in [5.41, 5.74) is 0.955. The summed E-state index contributed by atoms with van der Waals surface area (Å²) in [6.45, 7) is 4.23. The van der Waals surface area contributed by atoms with Crippen LogP contribution in [0.5, 0.6) is 5.75 Å². The molecule has 6 nitrogen and oxygen atoms in total. The molecule has 2 aromatic carbocycles. The van der Waals surface area contributed by atoms with Gasteiger partial charge in [-0.1, -0.05) is 0 Å². The molecule has 1 amide bonds. The van der Waals surface area contributed by atoms with Crippen LogP contribution < -0.4 is 14.8 Å². The first-order valence-electron chi connectivity index (χ1n) is 7.76. The van der Waals surface area contributed by atoms with E-state index >= 15 is 0 Å². The van der Waals surface area contributed by atoms with Crippen molar-refractivity contribution in [3.8, 4) is 5.75 Å². The molecule has 0 fully saturated rings. The summed E-state index contributed by atoms with van der Waals surface area (Å²) in [6, 6.07) is 11.4. The van der Waals surface area contributed by atoms with Gasteiger partial charge < -0.3 is 10.1 Å². The molecule has 8 heteroatoms. The highest BCUT2D eigenvalue weighted by Gasteiger charge is 2.25. The molecule has 3 rings (SSSR count). The zero-order valence-corrected chi connectivity index (χ0v) is 15.4. The Balaban J connectivity index is 1.83. The van der Waals surface area contributed by atoms with Gasteiger partial charge in [0.05, 0.1) is 22.4 Å². The monoisotopic (exact) mass is 378 g/mol. The van der Waals surface area contributed by atoms with Crippen LogP contribution in [0, 0.1) is 0 Å². The van der Waals surface area contributed by atoms with Crippen LogP contribution in [0.25, 0.3) is 0 Å². The van der Waals surface area contributed by atoms with E-state index in [1.807, 2.05) is 6.92 Å². The fourth-order valence-corrected chi connectivity index (χ4v) is 4.37. The Morgan fingerprint density at radius 1 is 1.20 bits per heavy atom. The lowest BCUT2D eigenvalue weighted by atomic mass is 10.3. The van der Waals surface area contributed by atoms with Crippen LogP contribution >= 0.6 is 11.8 Å². The summed E-state index contributed by atoms with van der Waals surface area (Å²) in [5, 5.41) is 2.54. The lowest BCUT2D eigenvalue weighted by molar-refractivity contribution is -0.115. The summed E-state index contributed by atoms with van der Waals surface area (Å²) in [6.07, 6.45) is 0. The van der Waals surface area contributed by atoms with Crippen LogP contribution in [-0.2, 0) is 14.8 Å². The first kappa shape index (κ1) is 17.6. The molecule has 1 aliphatic rings. The predicted molar refractivity (Wildman–Crippen MR) is 98.8 cm³/mol. The van der Waals surface area contributed by atoms with Crippen LogP contribution in [0.3, 0.4) is 0 Å². The summed E-state index contributed by atoms with van der Waals surface area (Å²) < 4.78 is 33.0. The molecule has 0 unspecified atom stereocenters. The average molecular weight is 378 g/mol. The number of carbonyl (C=O) groups is 1. The van der Waals surface area contributed by atoms with Crippen LogP contribution in [0.1, 0.15) is 13.8 Å². The van der Waals surface area contributed by atoms with Gasteiger partial charge in [0.2, 0.25) is 5.91 Å². The maximum absolute atomic E-state index is 12.6. The molecular weight excluding hydrogens is 360 g/mol. The number of ether oxygens (including phenoxy) is 1. The number of sulfonamides is 1. The van der Waals surface area contributed by atoms with Gasteiger partial charge in [-0.3, -0.25) is 9.52 Å². The zero-order valence-electron chi connectivity index (χ0n) is 13.8. The first-order chi connectivity index (χ1) is 11.9. The highest BCUT2D eigenvalue weighted by molar-refractivity contribution is 8.01. The number of fused-ring (bicyclic) bond motifs is 1. The molecule has 1 atom stereocenters. The van der Waals surface area contributed by atoms with Crippen molar-refractivity contribution in [3.63, 3.8) is 0 Å². The number of anilines is 2. The van der Waals surface area contributed by atoms with Gasteiger partial charge in [-0.2, -0.15) is 0 Å². The standard InChI is InChI=1S/C17H18N2O4S2/c1-3-23-13-6-4-12(5-7-13)19-25(21,22)14-8-9-16-15(10-14)18-17(20)11(2)24-16/h4-11,19H,3H2,1-2H3,(H,18,20)/t11-/m0/s1. The topological polar surface area (TPSA) is 84.5 Å². The largest absolute Gasteiger partial charge is 0.494 e. The lowest BCUT2D eigenvalue weighted by Crippen LogP contribution is -2.26. The molecular formula is C17H18N2O4S2. The second-order valence-electron chi connectivity index (χ2n) is 5.47. The van der Waals surface area contributed by atoms with Crippen LogP contribution in [0.4, 0.5) is 11.4 Å². The van der Waals surface area contributed by atoms with E-state index in [0.29, 0.717) is 23.7 Å². The summed E-state index contributed by atoms with van der Waals surface area (Å²) in [5.74, 6) is 0.541. The van der Waals surface area contributed by atoms with Gasteiger partial charge in [-0.25, -0.2) is 8.42 Å². The molecule has 0 saturated heterocycles. The Kier molecular flexibility index (Phi) is 4.91. The van der Waals surface area contributed by atoms with E-state index in [0.717, 1.165) is 4.90 Å². The molecule has 0 saturated carbocycles. The molecule has 132 valence electrons. The van der Waals surface area contributed by atoms with Gasteiger partial charge in [-0.05, 0) is 56.3 Å². The molecule has 0 aromatic heterocycles. The van der Waals surface area contributed by atoms with Crippen molar-refractivity contribution in [2.24, 2.45) is 0 Å². The highest BCUT2D eigenvalue weighted by Crippen LogP contribution is 2.37. The molecule has 2 N–H and O–H groups in total. The number of benzene rings is 2. The average Bonchev–Trinajstić information content (AvgIpc) is 2.57. The third kappa shape index (κ3) is 3.91. The number of rotatable bonds is 5. The predicted octanol–water partition coefficient (Wildman–Crippen LogP) is 3.32. The Morgan fingerprint density at radius 3 is 2.60 bits per heavy atom. The minimum Gasteiger partial charge on any atom is -0.494 e. The Labute approximate surface area is 151 Å². The second kappa shape index (κ2) is 6.97. The van der Waals surface area contributed by atoms with Gasteiger partial charge >= 0.3 is 0 Å². The maximum Gasteiger partial charge on any atom is 0.261 e. The summed E-state index contributed by atoms with van der Waals surface area (Å²) >= 11 is 1.41. The lowest BCUT2D eigenvalue weighted by Gasteiger charge is -2.22. The summed E-state index contributed by atoms with van der Waals surface area (Å²) in [7, 11) is -3.75. The fourth-order valence-electron chi connectivity index (χ4n) is 2.35. The minimum absolute atomic E-state index is 0.0931. The Morgan fingerprint density at radius 2 is 1.92 bits per heavy atom. The van der Waals surface area contributed by atoms with Gasteiger partial charge in [0, 0.05) is 10.6 Å². The van der Waals surface area contributed by atoms with Crippen LogP contribution in [0.15, 0.2) is 52.3 Å². The van der Waals surface area contributed by atoms with Crippen LogP contribution in [0.2, 0.25) is 0 Å². The van der Waals surface area contributed by atoms with Crippen molar-refractivity contribution in [3.05, 3.63) is 42.5 Å². The SMILES string of the molecule is CCOc1ccc(NS(=O)(=O)c2ccc3c(c2)NC(=O)[C@H](C)S3)cc1. The summed E-state index contributed by atoms with van der Waals surface area (Å²) in [4.78, 5) is 12.7. The van der Waals surface area contributed by atoms with E-state index in [2.05, 4.69) is 10.0 Å². The van der Waals surface area contributed by atoms with Gasteiger partial charge in [0.25, 0.3) is 10.0 Å². The quantitative estimate of drug-likeness (QED) is 0.834. The van der Waals surface area contributed by atoms with E-state index in [4.69, 9.17) is 4.74 Å². The fraction of sp³-hybridized carbons (Fsp3) is 0.235. The van der Waals surface area contributed by atoms with Crippen molar-refractivity contribution >= 4 is 39.1 Å². The zero-order chi connectivity index (χ0) is 18.0. The molecule has 1 heterocycles. The van der Waals surface area contributed by atoms with E-state index in [1.165, 1.54) is 23.9 Å². The maximum atomic E-state index is 12.6. The van der Waals surface area contributed by atoms with Crippen molar-refractivity contribution in [2.45, 2.75) is 28.9 Å². The number of thioether (sulfide) groups is 1. The Hall–Kier alpha value is -2.19. The number of hydrogen-bond donors (Lipinski definition) is 2. The van der Waals surface area contributed by atoms with Crippen LogP contribution in [-0.4, -0.2) is 26.2 Å². The molecule has 2 aromatic rings.